The average molecular weight is 396 g/mol. The van der Waals surface area contributed by atoms with Crippen molar-refractivity contribution in [3.8, 4) is 0 Å². The Morgan fingerprint density at radius 2 is 1.69 bits per heavy atom. The van der Waals surface area contributed by atoms with Gasteiger partial charge in [0.2, 0.25) is 0 Å². The second kappa shape index (κ2) is 8.34. The fourth-order valence-electron chi connectivity index (χ4n) is 5.41. The average Bonchev–Trinajstić information content (AvgIpc) is 3.44. The molecular weight excluding hydrogens is 362 g/mol. The summed E-state index contributed by atoms with van der Waals surface area (Å²) in [5, 5.41) is 4.27. The lowest BCUT2D eigenvalue weighted by Gasteiger charge is -2.38. The minimum Gasteiger partial charge on any atom is -0.354 e. The summed E-state index contributed by atoms with van der Waals surface area (Å²) >= 11 is 0. The monoisotopic (exact) mass is 395 g/mol. The fraction of sp³-hybridized carbons (Fsp3) is 0.652. The Balaban J connectivity index is 1.24. The van der Waals surface area contributed by atoms with Crippen molar-refractivity contribution in [3.63, 3.8) is 0 Å². The van der Waals surface area contributed by atoms with Gasteiger partial charge < -0.3 is 15.2 Å². The number of anilines is 1. The van der Waals surface area contributed by atoms with E-state index >= 15 is 0 Å². The highest BCUT2D eigenvalue weighted by atomic mass is 16.1. The second-order valence-corrected chi connectivity index (χ2v) is 9.08. The van der Waals surface area contributed by atoms with Crippen LogP contribution in [0.5, 0.6) is 0 Å². The molecule has 3 aliphatic rings. The Morgan fingerprint density at radius 1 is 0.966 bits per heavy atom. The van der Waals surface area contributed by atoms with Crippen LogP contribution in [-0.4, -0.2) is 59.0 Å². The summed E-state index contributed by atoms with van der Waals surface area (Å²) in [4.78, 5) is 25.7. The van der Waals surface area contributed by atoms with Gasteiger partial charge in [-0.05, 0) is 37.8 Å². The molecule has 0 bridgehead atoms. The van der Waals surface area contributed by atoms with E-state index in [1.807, 2.05) is 12.3 Å². The number of carbonyl (C=O) groups is 1. The van der Waals surface area contributed by atoms with E-state index in [9.17, 15) is 4.79 Å². The van der Waals surface area contributed by atoms with Gasteiger partial charge in [-0.3, -0.25) is 9.69 Å². The zero-order valence-corrected chi connectivity index (χ0v) is 17.3. The molecule has 2 saturated carbocycles. The third-order valence-electron chi connectivity index (χ3n) is 7.16. The van der Waals surface area contributed by atoms with Crippen LogP contribution < -0.4 is 10.2 Å². The van der Waals surface area contributed by atoms with E-state index in [-0.39, 0.29) is 5.91 Å². The zero-order valence-electron chi connectivity index (χ0n) is 17.3. The number of fused-ring (bicyclic) bond motifs is 1. The van der Waals surface area contributed by atoms with Crippen LogP contribution in [0.15, 0.2) is 18.3 Å². The van der Waals surface area contributed by atoms with Gasteiger partial charge in [-0.1, -0.05) is 32.1 Å². The minimum atomic E-state index is 0.0137. The predicted molar refractivity (Wildman–Crippen MR) is 116 cm³/mol. The lowest BCUT2D eigenvalue weighted by atomic mass is 9.95. The Bertz CT molecular complexity index is 842. The van der Waals surface area contributed by atoms with E-state index in [1.54, 1.807) is 0 Å². The van der Waals surface area contributed by atoms with Crippen molar-refractivity contribution < 1.29 is 4.79 Å². The summed E-state index contributed by atoms with van der Waals surface area (Å²) in [5.41, 5.74) is 1.59. The van der Waals surface area contributed by atoms with Crippen molar-refractivity contribution in [2.45, 2.75) is 69.9 Å². The Labute approximate surface area is 173 Å². The summed E-state index contributed by atoms with van der Waals surface area (Å²) in [5.74, 6) is 1.04. The Kier molecular flexibility index (Phi) is 5.44. The maximum absolute atomic E-state index is 12.7. The number of carbonyl (C=O) groups excluding carboxylic acids is 1. The molecule has 0 aromatic carbocycles. The van der Waals surface area contributed by atoms with E-state index in [2.05, 4.69) is 31.2 Å². The molecule has 2 aliphatic carbocycles. The molecule has 3 fully saturated rings. The number of pyridine rings is 1. The Hall–Kier alpha value is -2.08. The summed E-state index contributed by atoms with van der Waals surface area (Å²) < 4.78 is 0. The van der Waals surface area contributed by atoms with Gasteiger partial charge in [-0.15, -0.1) is 0 Å². The highest BCUT2D eigenvalue weighted by Gasteiger charge is 2.26. The molecule has 156 valence electrons. The van der Waals surface area contributed by atoms with Crippen molar-refractivity contribution in [3.05, 3.63) is 24.0 Å². The van der Waals surface area contributed by atoms with Gasteiger partial charge >= 0.3 is 0 Å². The van der Waals surface area contributed by atoms with Gasteiger partial charge in [-0.25, -0.2) is 4.98 Å². The van der Waals surface area contributed by atoms with Crippen molar-refractivity contribution in [2.24, 2.45) is 0 Å². The third-order valence-corrected chi connectivity index (χ3v) is 7.16. The van der Waals surface area contributed by atoms with Gasteiger partial charge in [0.05, 0.1) is 11.7 Å². The standard InChI is InChI=1S/C23H33N5O/c29-23(25-18-6-2-1-3-7-18)20-14-17-15-22(24-16-21(17)26-20)28-12-10-27(11-13-28)19-8-4-5-9-19/h14-16,18-19,26H,1-13H2,(H,25,29). The molecule has 3 heterocycles. The van der Waals surface area contributed by atoms with E-state index in [4.69, 9.17) is 0 Å². The van der Waals surface area contributed by atoms with Crippen LogP contribution in [0.3, 0.4) is 0 Å². The highest BCUT2D eigenvalue weighted by molar-refractivity contribution is 5.98. The number of hydrogen-bond donors (Lipinski definition) is 2. The molecule has 6 heteroatoms. The van der Waals surface area contributed by atoms with Gasteiger partial charge in [-0.2, -0.15) is 0 Å². The molecule has 1 saturated heterocycles. The van der Waals surface area contributed by atoms with E-state index in [0.717, 1.165) is 61.8 Å². The predicted octanol–water partition coefficient (Wildman–Crippen LogP) is 3.69. The fourth-order valence-corrected chi connectivity index (χ4v) is 5.41. The molecule has 1 aliphatic heterocycles. The van der Waals surface area contributed by atoms with Crippen molar-refractivity contribution in [1.82, 2.24) is 20.2 Å². The third kappa shape index (κ3) is 4.13. The van der Waals surface area contributed by atoms with Crippen molar-refractivity contribution in [1.29, 1.82) is 0 Å². The second-order valence-electron chi connectivity index (χ2n) is 9.08. The van der Waals surface area contributed by atoms with Gasteiger partial charge in [0.1, 0.15) is 11.5 Å². The van der Waals surface area contributed by atoms with Gasteiger partial charge in [0, 0.05) is 43.6 Å². The van der Waals surface area contributed by atoms with Crippen LogP contribution >= 0.6 is 0 Å². The summed E-state index contributed by atoms with van der Waals surface area (Å²) in [6, 6.07) is 5.25. The minimum absolute atomic E-state index is 0.0137. The number of H-pyrrole nitrogens is 1. The molecule has 0 atom stereocenters. The number of amides is 1. The molecule has 29 heavy (non-hydrogen) atoms. The maximum Gasteiger partial charge on any atom is 0.267 e. The number of piperazine rings is 1. The first kappa shape index (κ1) is 18.9. The quantitative estimate of drug-likeness (QED) is 0.829. The first-order valence-corrected chi connectivity index (χ1v) is 11.5. The Morgan fingerprint density at radius 3 is 2.45 bits per heavy atom. The number of nitrogens with one attached hydrogen (secondary N) is 2. The summed E-state index contributed by atoms with van der Waals surface area (Å²) in [6.45, 7) is 4.34. The number of rotatable bonds is 4. The van der Waals surface area contributed by atoms with E-state index < -0.39 is 0 Å². The SMILES string of the molecule is O=C(NC1CCCCC1)c1cc2cc(N3CCN(C4CCCC4)CC3)ncc2[nH]1. The molecule has 2 N–H and O–H groups in total. The summed E-state index contributed by atoms with van der Waals surface area (Å²) in [6.07, 6.45) is 13.4. The smallest absolute Gasteiger partial charge is 0.267 e. The molecule has 5 rings (SSSR count). The summed E-state index contributed by atoms with van der Waals surface area (Å²) in [7, 11) is 0. The zero-order chi connectivity index (χ0) is 19.6. The molecule has 0 spiro atoms. The van der Waals surface area contributed by atoms with Crippen molar-refractivity contribution in [2.75, 3.05) is 31.1 Å². The van der Waals surface area contributed by atoms with Crippen LogP contribution in [0.1, 0.15) is 68.3 Å². The van der Waals surface area contributed by atoms with Crippen LogP contribution in [0, 0.1) is 0 Å². The number of aromatic amines is 1. The lowest BCUT2D eigenvalue weighted by Crippen LogP contribution is -2.49. The van der Waals surface area contributed by atoms with Crippen LogP contribution in [0.2, 0.25) is 0 Å². The van der Waals surface area contributed by atoms with Crippen LogP contribution in [0.4, 0.5) is 5.82 Å². The van der Waals surface area contributed by atoms with Crippen LogP contribution in [0.25, 0.3) is 10.9 Å². The number of aromatic nitrogens is 2. The molecular formula is C23H33N5O. The molecule has 1 amide bonds. The normalized spacial score (nSPS) is 22.4. The lowest BCUT2D eigenvalue weighted by molar-refractivity contribution is 0.0923. The largest absolute Gasteiger partial charge is 0.354 e. The van der Waals surface area contributed by atoms with Gasteiger partial charge in [0.15, 0.2) is 0 Å². The molecule has 2 aromatic heterocycles. The first-order chi connectivity index (χ1) is 14.3. The van der Waals surface area contributed by atoms with Gasteiger partial charge in [0.25, 0.3) is 5.91 Å². The van der Waals surface area contributed by atoms with E-state index in [1.165, 1.54) is 44.9 Å². The first-order valence-electron chi connectivity index (χ1n) is 11.5. The molecule has 6 nitrogen and oxygen atoms in total. The number of hydrogen-bond acceptors (Lipinski definition) is 4. The van der Waals surface area contributed by atoms with Crippen LogP contribution in [-0.2, 0) is 0 Å². The molecule has 2 aromatic rings. The molecule has 0 unspecified atom stereocenters. The number of nitrogens with zero attached hydrogens (tertiary/aromatic N) is 3. The van der Waals surface area contributed by atoms with Crippen molar-refractivity contribution >= 4 is 22.6 Å². The highest BCUT2D eigenvalue weighted by Crippen LogP contribution is 2.26. The maximum atomic E-state index is 12.7. The topological polar surface area (TPSA) is 64.3 Å². The molecule has 0 radical (unpaired) electrons. The van der Waals surface area contributed by atoms with E-state index in [0.29, 0.717) is 11.7 Å².